The van der Waals surface area contributed by atoms with E-state index in [-0.39, 0.29) is 17.8 Å². The fourth-order valence-corrected chi connectivity index (χ4v) is 3.52. The molecule has 0 aliphatic rings. The lowest BCUT2D eigenvalue weighted by molar-refractivity contribution is -0.118. The van der Waals surface area contributed by atoms with Gasteiger partial charge >= 0.3 is 0 Å². The van der Waals surface area contributed by atoms with Crippen LogP contribution in [0, 0.1) is 6.92 Å². The second kappa shape index (κ2) is 7.10. The van der Waals surface area contributed by atoms with E-state index in [0.29, 0.717) is 11.3 Å². The minimum atomic E-state index is -3.74. The summed E-state index contributed by atoms with van der Waals surface area (Å²) in [5, 5.41) is 0. The Balaban J connectivity index is 2.49. The molecule has 6 nitrogen and oxygen atoms in total. The third kappa shape index (κ3) is 4.77. The summed E-state index contributed by atoms with van der Waals surface area (Å²) in [4.78, 5) is 11.2. The number of nitrogens with two attached hydrogens (primary N) is 1. The maximum atomic E-state index is 12.3. The number of sulfonamides is 1. The topological polar surface area (TPSA) is 94.5 Å². The zero-order valence-electron chi connectivity index (χ0n) is 12.4. The van der Waals surface area contributed by atoms with Gasteiger partial charge in [0, 0.05) is 10.2 Å². The zero-order chi connectivity index (χ0) is 17.0. The van der Waals surface area contributed by atoms with E-state index in [4.69, 9.17) is 5.73 Å². The van der Waals surface area contributed by atoms with Gasteiger partial charge < -0.3 is 10.3 Å². The third-order valence-electron chi connectivity index (χ3n) is 3.14. The number of rotatable bonds is 5. The fraction of sp³-hybridized carbons (Fsp3) is 0.200. The average molecular weight is 398 g/mol. The number of carbonyl (C=O) groups excluding carboxylic acids is 1. The van der Waals surface area contributed by atoms with Crippen molar-refractivity contribution >= 4 is 31.9 Å². The summed E-state index contributed by atoms with van der Waals surface area (Å²) in [6.45, 7) is 1.60. The number of aromatic nitrogens is 1. The lowest BCUT2D eigenvalue weighted by Crippen LogP contribution is -2.31. The SMILES string of the molecule is Cc1c(Br)cc/c(=N/S(=O)(=O)Cc2ccccc2)n1CC(N)=O. The molecule has 0 spiro atoms. The van der Waals surface area contributed by atoms with Crippen LogP contribution in [0.1, 0.15) is 11.3 Å². The number of nitrogens with zero attached hydrogens (tertiary/aromatic N) is 2. The summed E-state index contributed by atoms with van der Waals surface area (Å²) in [5.74, 6) is -0.785. The number of halogens is 1. The molecule has 0 bridgehead atoms. The number of primary amides is 1. The Labute approximate surface area is 142 Å². The van der Waals surface area contributed by atoms with Crippen molar-refractivity contribution in [2.75, 3.05) is 0 Å². The molecule has 0 saturated heterocycles. The third-order valence-corrected chi connectivity index (χ3v) is 5.15. The van der Waals surface area contributed by atoms with Gasteiger partial charge in [0.1, 0.15) is 12.0 Å². The minimum Gasteiger partial charge on any atom is -0.368 e. The van der Waals surface area contributed by atoms with Crippen molar-refractivity contribution in [1.82, 2.24) is 4.57 Å². The van der Waals surface area contributed by atoms with Crippen LogP contribution in [0.5, 0.6) is 0 Å². The molecule has 1 aromatic carbocycles. The second-order valence-electron chi connectivity index (χ2n) is 4.98. The standard InChI is InChI=1S/C15H16BrN3O3S/c1-11-13(16)7-8-15(19(11)9-14(17)20)18-23(21,22)10-12-5-3-2-4-6-12/h2-8H,9-10H2,1H3,(H2,17,20)/b18-15-. The van der Waals surface area contributed by atoms with E-state index in [9.17, 15) is 13.2 Å². The van der Waals surface area contributed by atoms with Crippen LogP contribution in [-0.4, -0.2) is 18.9 Å². The van der Waals surface area contributed by atoms with Gasteiger partial charge in [0.05, 0.1) is 5.75 Å². The van der Waals surface area contributed by atoms with Gasteiger partial charge in [-0.2, -0.15) is 0 Å². The molecule has 0 atom stereocenters. The molecule has 0 saturated carbocycles. The van der Waals surface area contributed by atoms with Crippen LogP contribution < -0.4 is 11.2 Å². The Hall–Kier alpha value is -1.93. The Morgan fingerprint density at radius 3 is 2.48 bits per heavy atom. The number of hydrogen-bond donors (Lipinski definition) is 1. The predicted octanol–water partition coefficient (Wildman–Crippen LogP) is 1.48. The first-order valence-electron chi connectivity index (χ1n) is 6.75. The lowest BCUT2D eigenvalue weighted by atomic mass is 10.2. The van der Waals surface area contributed by atoms with Crippen LogP contribution >= 0.6 is 15.9 Å². The first-order valence-corrected chi connectivity index (χ1v) is 9.15. The molecule has 1 heterocycles. The van der Waals surface area contributed by atoms with Gasteiger partial charge in [-0.15, -0.1) is 4.40 Å². The van der Waals surface area contributed by atoms with Crippen molar-refractivity contribution in [3.8, 4) is 0 Å². The highest BCUT2D eigenvalue weighted by atomic mass is 79.9. The van der Waals surface area contributed by atoms with E-state index < -0.39 is 15.9 Å². The number of pyridine rings is 1. The number of carbonyl (C=O) groups is 1. The van der Waals surface area contributed by atoms with E-state index in [1.165, 1.54) is 10.6 Å². The summed E-state index contributed by atoms with van der Waals surface area (Å²) >= 11 is 3.34. The van der Waals surface area contributed by atoms with Crippen molar-refractivity contribution < 1.29 is 13.2 Å². The first-order chi connectivity index (χ1) is 10.8. The Morgan fingerprint density at radius 1 is 1.22 bits per heavy atom. The number of benzene rings is 1. The molecular formula is C15H16BrN3O3S. The number of amides is 1. The highest BCUT2D eigenvalue weighted by molar-refractivity contribution is 9.10. The fourth-order valence-electron chi connectivity index (χ4n) is 2.05. The first kappa shape index (κ1) is 17.4. The molecule has 122 valence electrons. The van der Waals surface area contributed by atoms with Crippen molar-refractivity contribution in [2.24, 2.45) is 10.1 Å². The Bertz CT molecular complexity index is 890. The molecule has 1 amide bonds. The van der Waals surface area contributed by atoms with Gasteiger partial charge in [-0.3, -0.25) is 4.79 Å². The van der Waals surface area contributed by atoms with Crippen LogP contribution in [0.4, 0.5) is 0 Å². The van der Waals surface area contributed by atoms with Crippen molar-refractivity contribution in [2.45, 2.75) is 19.2 Å². The van der Waals surface area contributed by atoms with Gasteiger partial charge in [0.25, 0.3) is 10.0 Å². The van der Waals surface area contributed by atoms with Gasteiger partial charge in [-0.1, -0.05) is 30.3 Å². The maximum Gasteiger partial charge on any atom is 0.259 e. The molecule has 23 heavy (non-hydrogen) atoms. The molecular weight excluding hydrogens is 382 g/mol. The second-order valence-corrected chi connectivity index (χ2v) is 7.47. The molecule has 1 aromatic heterocycles. The van der Waals surface area contributed by atoms with E-state index in [1.807, 2.05) is 6.07 Å². The minimum absolute atomic E-state index is 0.148. The summed E-state index contributed by atoms with van der Waals surface area (Å²) in [6.07, 6.45) is 0. The van der Waals surface area contributed by atoms with E-state index in [1.54, 1.807) is 37.3 Å². The molecule has 2 rings (SSSR count). The van der Waals surface area contributed by atoms with Gasteiger partial charge in [-0.05, 0) is 40.5 Å². The van der Waals surface area contributed by atoms with E-state index in [0.717, 1.165) is 4.47 Å². The summed E-state index contributed by atoms with van der Waals surface area (Å²) in [7, 11) is -3.74. The molecule has 0 radical (unpaired) electrons. The van der Waals surface area contributed by atoms with Crippen LogP contribution in [0.25, 0.3) is 0 Å². The van der Waals surface area contributed by atoms with Crippen molar-refractivity contribution in [3.05, 3.63) is 63.7 Å². The Morgan fingerprint density at radius 2 is 1.87 bits per heavy atom. The summed E-state index contributed by atoms with van der Waals surface area (Å²) in [5.41, 5.74) is 6.71. The summed E-state index contributed by atoms with van der Waals surface area (Å²) < 4.78 is 30.6. The normalized spacial score (nSPS) is 12.3. The zero-order valence-corrected chi connectivity index (χ0v) is 14.8. The molecule has 0 unspecified atom stereocenters. The van der Waals surface area contributed by atoms with Gasteiger partial charge in [-0.25, -0.2) is 8.42 Å². The predicted molar refractivity (Wildman–Crippen MR) is 90.7 cm³/mol. The molecule has 0 aliphatic heterocycles. The van der Waals surface area contributed by atoms with Crippen LogP contribution in [0.2, 0.25) is 0 Å². The van der Waals surface area contributed by atoms with E-state index >= 15 is 0 Å². The maximum absolute atomic E-state index is 12.3. The Kier molecular flexibility index (Phi) is 5.38. The lowest BCUT2D eigenvalue weighted by Gasteiger charge is -2.11. The smallest absolute Gasteiger partial charge is 0.259 e. The molecule has 2 aromatic rings. The largest absolute Gasteiger partial charge is 0.368 e. The molecule has 8 heteroatoms. The molecule has 0 fully saturated rings. The van der Waals surface area contributed by atoms with Gasteiger partial charge in [0.15, 0.2) is 0 Å². The molecule has 2 N–H and O–H groups in total. The van der Waals surface area contributed by atoms with Crippen LogP contribution in [0.15, 0.2) is 51.3 Å². The average Bonchev–Trinajstić information content (AvgIpc) is 2.47. The van der Waals surface area contributed by atoms with Crippen LogP contribution in [0.3, 0.4) is 0 Å². The highest BCUT2D eigenvalue weighted by Crippen LogP contribution is 2.13. The van der Waals surface area contributed by atoms with Gasteiger partial charge in [0.2, 0.25) is 5.91 Å². The monoisotopic (exact) mass is 397 g/mol. The summed E-state index contributed by atoms with van der Waals surface area (Å²) in [6, 6.07) is 12.0. The number of hydrogen-bond acceptors (Lipinski definition) is 3. The van der Waals surface area contributed by atoms with Crippen LogP contribution in [-0.2, 0) is 27.1 Å². The van der Waals surface area contributed by atoms with Crippen molar-refractivity contribution in [3.63, 3.8) is 0 Å². The van der Waals surface area contributed by atoms with E-state index in [2.05, 4.69) is 20.3 Å². The highest BCUT2D eigenvalue weighted by Gasteiger charge is 2.12. The van der Waals surface area contributed by atoms with Crippen molar-refractivity contribution in [1.29, 1.82) is 0 Å². The molecule has 0 aliphatic carbocycles. The quantitative estimate of drug-likeness (QED) is 0.827.